The Bertz CT molecular complexity index is 539. The van der Waals surface area contributed by atoms with E-state index >= 15 is 0 Å². The first-order valence-electron chi connectivity index (χ1n) is 6.95. The fourth-order valence-corrected chi connectivity index (χ4v) is 3.06. The predicted molar refractivity (Wildman–Crippen MR) is 84.3 cm³/mol. The Hall–Kier alpha value is -1.27. The molecule has 0 heterocycles. The van der Waals surface area contributed by atoms with Gasteiger partial charge in [0.25, 0.3) is 0 Å². The summed E-state index contributed by atoms with van der Waals surface area (Å²) in [6.07, 6.45) is 2.14. The minimum Gasteiger partial charge on any atom is -0.397 e. The number of sulfonamides is 1. The van der Waals surface area contributed by atoms with Gasteiger partial charge in [-0.05, 0) is 38.1 Å². The molecule has 0 aliphatic rings. The van der Waals surface area contributed by atoms with E-state index in [-0.39, 0.29) is 10.9 Å². The summed E-state index contributed by atoms with van der Waals surface area (Å²) in [5.41, 5.74) is 7.15. The average Bonchev–Trinajstić information content (AvgIpc) is 2.42. The molecule has 0 spiro atoms. The number of rotatable bonds is 7. The number of nitrogens with one attached hydrogen (secondary N) is 2. The lowest BCUT2D eigenvalue weighted by molar-refractivity contribution is 0.438. The highest BCUT2D eigenvalue weighted by Gasteiger charge is 2.17. The van der Waals surface area contributed by atoms with Gasteiger partial charge in [0, 0.05) is 6.04 Å². The van der Waals surface area contributed by atoms with Crippen molar-refractivity contribution in [1.82, 2.24) is 4.72 Å². The summed E-state index contributed by atoms with van der Waals surface area (Å²) in [5, 5.41) is 3.33. The molecule has 0 radical (unpaired) electrons. The van der Waals surface area contributed by atoms with Crippen LogP contribution >= 0.6 is 0 Å². The third kappa shape index (κ3) is 3.86. The van der Waals surface area contributed by atoms with Crippen LogP contribution in [0.15, 0.2) is 23.1 Å². The van der Waals surface area contributed by atoms with Gasteiger partial charge in [-0.2, -0.15) is 0 Å². The number of anilines is 2. The number of hydrogen-bond acceptors (Lipinski definition) is 4. The minimum atomic E-state index is -3.45. The molecular formula is C14H25N3O2S. The van der Waals surface area contributed by atoms with E-state index in [1.807, 2.05) is 0 Å². The first kappa shape index (κ1) is 16.8. The van der Waals surface area contributed by atoms with Crippen molar-refractivity contribution in [3.8, 4) is 0 Å². The van der Waals surface area contributed by atoms with Crippen molar-refractivity contribution >= 4 is 21.4 Å². The van der Waals surface area contributed by atoms with E-state index < -0.39 is 10.0 Å². The van der Waals surface area contributed by atoms with Crippen LogP contribution in [-0.4, -0.2) is 21.5 Å². The zero-order valence-electron chi connectivity index (χ0n) is 12.6. The number of nitrogen functional groups attached to an aromatic ring is 1. The van der Waals surface area contributed by atoms with Crippen LogP contribution < -0.4 is 15.8 Å². The second kappa shape index (κ2) is 6.95. The van der Waals surface area contributed by atoms with Crippen molar-refractivity contribution < 1.29 is 8.42 Å². The Morgan fingerprint density at radius 1 is 1.25 bits per heavy atom. The Morgan fingerprint density at radius 3 is 2.35 bits per heavy atom. The zero-order chi connectivity index (χ0) is 15.3. The van der Waals surface area contributed by atoms with E-state index in [1.54, 1.807) is 12.1 Å². The zero-order valence-corrected chi connectivity index (χ0v) is 13.4. The summed E-state index contributed by atoms with van der Waals surface area (Å²) >= 11 is 0. The van der Waals surface area contributed by atoms with Crippen molar-refractivity contribution in [2.75, 3.05) is 18.1 Å². The van der Waals surface area contributed by atoms with E-state index in [0.29, 0.717) is 17.3 Å². The molecular weight excluding hydrogens is 274 g/mol. The number of hydrogen-bond donors (Lipinski definition) is 3. The molecule has 0 saturated heterocycles. The van der Waals surface area contributed by atoms with Gasteiger partial charge in [0.15, 0.2) is 0 Å². The molecule has 20 heavy (non-hydrogen) atoms. The quantitative estimate of drug-likeness (QED) is 0.675. The topological polar surface area (TPSA) is 84.2 Å². The van der Waals surface area contributed by atoms with Crippen molar-refractivity contribution in [3.05, 3.63) is 18.2 Å². The van der Waals surface area contributed by atoms with E-state index in [9.17, 15) is 8.42 Å². The van der Waals surface area contributed by atoms with Crippen LogP contribution in [0.3, 0.4) is 0 Å². The third-order valence-electron chi connectivity index (χ3n) is 3.74. The molecule has 0 fully saturated rings. The van der Waals surface area contributed by atoms with E-state index in [2.05, 4.69) is 30.8 Å². The molecule has 0 saturated carbocycles. The molecule has 0 aliphatic heterocycles. The highest BCUT2D eigenvalue weighted by atomic mass is 32.2. The smallest absolute Gasteiger partial charge is 0.240 e. The largest absolute Gasteiger partial charge is 0.397 e. The lowest BCUT2D eigenvalue weighted by atomic mass is 9.95. The van der Waals surface area contributed by atoms with Crippen molar-refractivity contribution in [1.29, 1.82) is 0 Å². The van der Waals surface area contributed by atoms with Gasteiger partial charge in [-0.1, -0.05) is 26.7 Å². The summed E-state index contributed by atoms with van der Waals surface area (Å²) in [4.78, 5) is 0.216. The second-order valence-electron chi connectivity index (χ2n) is 4.97. The Morgan fingerprint density at radius 2 is 1.85 bits per heavy atom. The fourth-order valence-electron chi connectivity index (χ4n) is 2.30. The Balaban J connectivity index is 3.04. The van der Waals surface area contributed by atoms with Gasteiger partial charge >= 0.3 is 0 Å². The molecule has 0 amide bonds. The molecule has 0 aromatic heterocycles. The Kier molecular flexibility index (Phi) is 5.83. The van der Waals surface area contributed by atoms with Gasteiger partial charge in [0.2, 0.25) is 10.0 Å². The SMILES string of the molecule is CCC(CC)C(C)Nc1cc(S(=O)(=O)NC)ccc1N. The third-order valence-corrected chi connectivity index (χ3v) is 5.15. The molecule has 6 heteroatoms. The first-order valence-corrected chi connectivity index (χ1v) is 8.43. The maximum atomic E-state index is 11.8. The standard InChI is InChI=1S/C14H25N3O2S/c1-5-11(6-2)10(3)17-14-9-12(7-8-13(14)15)20(18,19)16-4/h7-11,16-17H,5-6,15H2,1-4H3. The van der Waals surface area contributed by atoms with Gasteiger partial charge in [-0.3, -0.25) is 0 Å². The molecule has 1 atom stereocenters. The van der Waals surface area contributed by atoms with E-state index in [4.69, 9.17) is 5.73 Å². The van der Waals surface area contributed by atoms with Crippen LogP contribution in [-0.2, 0) is 10.0 Å². The first-order chi connectivity index (χ1) is 9.35. The van der Waals surface area contributed by atoms with Gasteiger partial charge in [0.1, 0.15) is 0 Å². The van der Waals surface area contributed by atoms with Crippen molar-refractivity contribution in [2.45, 2.75) is 44.6 Å². The van der Waals surface area contributed by atoms with Gasteiger partial charge in [-0.25, -0.2) is 13.1 Å². The van der Waals surface area contributed by atoms with Crippen molar-refractivity contribution in [3.63, 3.8) is 0 Å². The molecule has 1 aromatic rings. The predicted octanol–water partition coefficient (Wildman–Crippen LogP) is 2.41. The second-order valence-corrected chi connectivity index (χ2v) is 6.85. The maximum absolute atomic E-state index is 11.8. The molecule has 4 N–H and O–H groups in total. The van der Waals surface area contributed by atoms with Crippen molar-refractivity contribution in [2.24, 2.45) is 5.92 Å². The van der Waals surface area contributed by atoms with Crippen LogP contribution in [0.5, 0.6) is 0 Å². The fraction of sp³-hybridized carbons (Fsp3) is 0.571. The summed E-state index contributed by atoms with van der Waals surface area (Å²) in [6.45, 7) is 6.39. The highest BCUT2D eigenvalue weighted by Crippen LogP contribution is 2.26. The summed E-state index contributed by atoms with van der Waals surface area (Å²) < 4.78 is 25.9. The molecule has 5 nitrogen and oxygen atoms in total. The molecule has 0 bridgehead atoms. The highest BCUT2D eigenvalue weighted by molar-refractivity contribution is 7.89. The van der Waals surface area contributed by atoms with E-state index in [0.717, 1.165) is 12.8 Å². The monoisotopic (exact) mass is 299 g/mol. The summed E-state index contributed by atoms with van der Waals surface area (Å²) in [6, 6.07) is 4.94. The van der Waals surface area contributed by atoms with Crippen LogP contribution in [0.1, 0.15) is 33.6 Å². The van der Waals surface area contributed by atoms with Gasteiger partial charge in [0.05, 0.1) is 16.3 Å². The molecule has 1 aromatic carbocycles. The van der Waals surface area contributed by atoms with Gasteiger partial charge < -0.3 is 11.1 Å². The molecule has 1 rings (SSSR count). The molecule has 114 valence electrons. The lowest BCUT2D eigenvalue weighted by Crippen LogP contribution is -2.26. The van der Waals surface area contributed by atoms with Crippen LogP contribution in [0.25, 0.3) is 0 Å². The van der Waals surface area contributed by atoms with Crippen LogP contribution in [0.2, 0.25) is 0 Å². The minimum absolute atomic E-state index is 0.216. The average molecular weight is 299 g/mol. The normalized spacial score (nSPS) is 13.4. The Labute approximate surface area is 122 Å². The van der Waals surface area contributed by atoms with E-state index in [1.165, 1.54) is 13.1 Å². The summed E-state index contributed by atoms with van der Waals surface area (Å²) in [7, 11) is -2.06. The number of benzene rings is 1. The number of nitrogens with two attached hydrogens (primary N) is 1. The molecule has 0 aliphatic carbocycles. The van der Waals surface area contributed by atoms with Crippen LogP contribution in [0.4, 0.5) is 11.4 Å². The maximum Gasteiger partial charge on any atom is 0.240 e. The van der Waals surface area contributed by atoms with Gasteiger partial charge in [-0.15, -0.1) is 0 Å². The lowest BCUT2D eigenvalue weighted by Gasteiger charge is -2.24. The molecule has 1 unspecified atom stereocenters. The summed E-state index contributed by atoms with van der Waals surface area (Å²) in [5.74, 6) is 0.527. The van der Waals surface area contributed by atoms with Crippen LogP contribution in [0, 0.1) is 5.92 Å².